The molecule has 1 aromatic rings. The number of fused-ring (bicyclic) bond motifs is 3. The molecule has 0 radical (unpaired) electrons. The molecule has 36 heavy (non-hydrogen) atoms. The summed E-state index contributed by atoms with van der Waals surface area (Å²) in [7, 11) is 0. The molecular formula is C27H30N2O7. The lowest BCUT2D eigenvalue weighted by Crippen LogP contribution is -2.58. The molecule has 1 aliphatic heterocycles. The van der Waals surface area contributed by atoms with E-state index in [0.29, 0.717) is 24.9 Å². The number of aryl methyl sites for hydroxylation is 1. The van der Waals surface area contributed by atoms with E-state index in [9.17, 15) is 34.8 Å². The largest absolute Gasteiger partial charge is 0.508 e. The molecule has 6 N–H and O–H groups in total. The highest BCUT2D eigenvalue weighted by atomic mass is 16.3. The van der Waals surface area contributed by atoms with Gasteiger partial charge < -0.3 is 26.2 Å². The van der Waals surface area contributed by atoms with Gasteiger partial charge in [-0.1, -0.05) is 25.1 Å². The molecule has 0 aromatic heterocycles. The minimum Gasteiger partial charge on any atom is -0.508 e. The average Bonchev–Trinajstić information content (AvgIpc) is 2.83. The SMILES string of the molecule is CCc1cc(CN2CC=CCC2)c(O)c2c1C[C@H]1C[C@H]3CC(=O)C(C(N)=O)=C(O)[C@@]3(O)C(=O)C1=C2O. The van der Waals surface area contributed by atoms with E-state index in [0.717, 1.165) is 30.6 Å². The summed E-state index contributed by atoms with van der Waals surface area (Å²) in [6, 6.07) is 1.95. The number of hydrogen-bond donors (Lipinski definition) is 5. The summed E-state index contributed by atoms with van der Waals surface area (Å²) >= 11 is 0. The van der Waals surface area contributed by atoms with Gasteiger partial charge in [0.05, 0.1) is 5.56 Å². The third-order valence-corrected chi connectivity index (χ3v) is 8.15. The summed E-state index contributed by atoms with van der Waals surface area (Å²) in [5.74, 6) is -6.01. The van der Waals surface area contributed by atoms with E-state index in [4.69, 9.17) is 5.73 Å². The fourth-order valence-electron chi connectivity index (χ4n) is 6.34. The molecule has 190 valence electrons. The fraction of sp³-hybridized carbons (Fsp3) is 0.444. The van der Waals surface area contributed by atoms with Gasteiger partial charge in [-0.2, -0.15) is 0 Å². The van der Waals surface area contributed by atoms with Gasteiger partial charge in [0.2, 0.25) is 5.78 Å². The maximum atomic E-state index is 13.7. The molecule has 5 rings (SSSR count). The minimum absolute atomic E-state index is 0.110. The first-order valence-electron chi connectivity index (χ1n) is 12.3. The van der Waals surface area contributed by atoms with E-state index in [-0.39, 0.29) is 29.7 Å². The predicted octanol–water partition coefficient (Wildman–Crippen LogP) is 1.75. The van der Waals surface area contributed by atoms with Crippen LogP contribution >= 0.6 is 0 Å². The molecule has 0 saturated heterocycles. The number of carbonyl (C=O) groups excluding carboxylic acids is 3. The van der Waals surface area contributed by atoms with Crippen LogP contribution in [0.15, 0.2) is 35.1 Å². The van der Waals surface area contributed by atoms with Crippen molar-refractivity contribution in [3.63, 3.8) is 0 Å². The van der Waals surface area contributed by atoms with Crippen LogP contribution in [0.1, 0.15) is 48.4 Å². The molecule has 0 spiro atoms. The molecule has 1 amide bonds. The molecule has 1 saturated carbocycles. The third kappa shape index (κ3) is 3.41. The van der Waals surface area contributed by atoms with Crippen molar-refractivity contribution in [2.24, 2.45) is 17.6 Å². The number of aliphatic hydroxyl groups is 3. The van der Waals surface area contributed by atoms with Gasteiger partial charge in [-0.3, -0.25) is 19.3 Å². The number of phenolic OH excluding ortho intramolecular Hbond substituents is 1. The van der Waals surface area contributed by atoms with Crippen molar-refractivity contribution in [1.29, 1.82) is 0 Å². The Morgan fingerprint density at radius 2 is 1.92 bits per heavy atom. The molecule has 0 bridgehead atoms. The first-order chi connectivity index (χ1) is 17.1. The summed E-state index contributed by atoms with van der Waals surface area (Å²) in [6.45, 7) is 4.03. The van der Waals surface area contributed by atoms with E-state index in [1.807, 2.05) is 13.0 Å². The summed E-state index contributed by atoms with van der Waals surface area (Å²) in [6.07, 6.45) is 5.87. The van der Waals surface area contributed by atoms with E-state index < -0.39 is 52.0 Å². The lowest BCUT2D eigenvalue weighted by Gasteiger charge is -2.46. The molecule has 9 heteroatoms. The van der Waals surface area contributed by atoms with Crippen LogP contribution in [0.5, 0.6) is 5.75 Å². The van der Waals surface area contributed by atoms with Crippen molar-refractivity contribution < 1.29 is 34.8 Å². The highest BCUT2D eigenvalue weighted by Crippen LogP contribution is 2.52. The van der Waals surface area contributed by atoms with E-state index in [2.05, 4.69) is 17.1 Å². The smallest absolute Gasteiger partial charge is 0.255 e. The van der Waals surface area contributed by atoms with Gasteiger partial charge >= 0.3 is 0 Å². The molecule has 1 heterocycles. The number of primary amides is 1. The summed E-state index contributed by atoms with van der Waals surface area (Å²) in [5, 5.41) is 44.7. The maximum absolute atomic E-state index is 13.7. The Morgan fingerprint density at radius 1 is 1.17 bits per heavy atom. The zero-order valence-electron chi connectivity index (χ0n) is 20.1. The van der Waals surface area contributed by atoms with Crippen LogP contribution < -0.4 is 5.73 Å². The second kappa shape index (κ2) is 8.60. The average molecular weight is 495 g/mol. The van der Waals surface area contributed by atoms with Crippen molar-refractivity contribution >= 4 is 23.2 Å². The highest BCUT2D eigenvalue weighted by molar-refractivity contribution is 6.22. The van der Waals surface area contributed by atoms with Crippen LogP contribution in [0.2, 0.25) is 0 Å². The third-order valence-electron chi connectivity index (χ3n) is 8.15. The van der Waals surface area contributed by atoms with Crippen LogP contribution in [0.25, 0.3) is 5.76 Å². The number of amides is 1. The Labute approximate surface area is 208 Å². The number of ketones is 2. The number of benzene rings is 1. The van der Waals surface area contributed by atoms with Crippen molar-refractivity contribution in [3.05, 3.63) is 57.4 Å². The second-order valence-corrected chi connectivity index (χ2v) is 10.2. The van der Waals surface area contributed by atoms with Crippen LogP contribution in [0.4, 0.5) is 0 Å². The number of aliphatic hydroxyl groups excluding tert-OH is 2. The summed E-state index contributed by atoms with van der Waals surface area (Å²) in [5.41, 5.74) is 4.29. The Balaban J connectivity index is 1.64. The minimum atomic E-state index is -2.55. The predicted molar refractivity (Wildman–Crippen MR) is 130 cm³/mol. The first-order valence-corrected chi connectivity index (χ1v) is 12.3. The number of hydrogen-bond acceptors (Lipinski definition) is 8. The molecule has 3 aliphatic carbocycles. The maximum Gasteiger partial charge on any atom is 0.255 e. The van der Waals surface area contributed by atoms with Crippen LogP contribution in [0.3, 0.4) is 0 Å². The van der Waals surface area contributed by atoms with Gasteiger partial charge in [-0.25, -0.2) is 0 Å². The zero-order chi connectivity index (χ0) is 25.9. The van der Waals surface area contributed by atoms with Crippen LogP contribution in [-0.4, -0.2) is 61.5 Å². The van der Waals surface area contributed by atoms with Gasteiger partial charge in [0.1, 0.15) is 22.8 Å². The topological polar surface area (TPSA) is 161 Å². The van der Waals surface area contributed by atoms with Crippen molar-refractivity contribution in [3.8, 4) is 5.75 Å². The molecule has 1 fully saturated rings. The van der Waals surface area contributed by atoms with Crippen molar-refractivity contribution in [1.82, 2.24) is 4.90 Å². The lowest BCUT2D eigenvalue weighted by molar-refractivity contribution is -0.147. The van der Waals surface area contributed by atoms with Crippen LogP contribution in [0, 0.1) is 11.8 Å². The van der Waals surface area contributed by atoms with E-state index in [1.165, 1.54) is 0 Å². The summed E-state index contributed by atoms with van der Waals surface area (Å²) in [4.78, 5) is 40.1. The number of Topliss-reactive ketones (excluding diaryl/α,β-unsaturated/α-hetero) is 2. The number of carbonyl (C=O) groups is 3. The zero-order valence-corrected chi connectivity index (χ0v) is 20.1. The normalized spacial score (nSPS) is 28.2. The van der Waals surface area contributed by atoms with Crippen molar-refractivity contribution in [2.45, 2.75) is 51.2 Å². The number of nitrogens with two attached hydrogens (primary N) is 1. The van der Waals surface area contributed by atoms with Gasteiger partial charge in [0, 0.05) is 43.1 Å². The first kappa shape index (κ1) is 24.3. The van der Waals surface area contributed by atoms with Gasteiger partial charge in [0.25, 0.3) is 5.91 Å². The Hall–Kier alpha value is -3.43. The molecule has 4 aliphatic rings. The molecule has 9 nitrogen and oxygen atoms in total. The standard InChI is InChI=1S/C27H30N2O7/c1-2-13-8-15(12-29-6-4-3-5-7-29)22(31)20-17(13)10-14-9-16-11-18(30)21(26(28)35)25(34)27(16,36)24(33)19(14)23(20)32/h3-4,8,14,16,31-32,34,36H,2,5-7,9-12H2,1H3,(H2,28,35)/t14-,16+,27+/m1/s1. The number of aromatic hydroxyl groups is 1. The Bertz CT molecular complexity index is 1290. The quantitative estimate of drug-likeness (QED) is 0.312. The van der Waals surface area contributed by atoms with Gasteiger partial charge in [-0.15, -0.1) is 0 Å². The van der Waals surface area contributed by atoms with E-state index >= 15 is 0 Å². The Morgan fingerprint density at radius 3 is 2.56 bits per heavy atom. The molecule has 0 unspecified atom stereocenters. The number of nitrogens with zero attached hydrogens (tertiary/aromatic N) is 1. The van der Waals surface area contributed by atoms with Gasteiger partial charge in [0.15, 0.2) is 11.4 Å². The fourth-order valence-corrected chi connectivity index (χ4v) is 6.34. The number of rotatable bonds is 4. The molecular weight excluding hydrogens is 464 g/mol. The highest BCUT2D eigenvalue weighted by Gasteiger charge is 2.60. The molecule has 1 aromatic carbocycles. The summed E-state index contributed by atoms with van der Waals surface area (Å²) < 4.78 is 0. The van der Waals surface area contributed by atoms with Crippen molar-refractivity contribution in [2.75, 3.05) is 13.1 Å². The van der Waals surface area contributed by atoms with Crippen LogP contribution in [-0.2, 0) is 33.8 Å². The molecule has 3 atom stereocenters. The Kier molecular flexibility index (Phi) is 5.80. The van der Waals surface area contributed by atoms with Gasteiger partial charge in [-0.05, 0) is 42.7 Å². The monoisotopic (exact) mass is 494 g/mol. The lowest BCUT2D eigenvalue weighted by atomic mass is 9.59. The second-order valence-electron chi connectivity index (χ2n) is 10.2. The van der Waals surface area contributed by atoms with E-state index in [1.54, 1.807) is 0 Å². The number of phenols is 1.